The average Bonchev–Trinajstić information content (AvgIpc) is 2.39. The molecule has 0 aliphatic carbocycles. The van der Waals surface area contributed by atoms with E-state index in [9.17, 15) is 9.90 Å². The Bertz CT molecular complexity index is 423. The van der Waals surface area contributed by atoms with Crippen LogP contribution in [0, 0.1) is 5.92 Å². The summed E-state index contributed by atoms with van der Waals surface area (Å²) >= 11 is 5.95. The Morgan fingerprint density at radius 1 is 1.40 bits per heavy atom. The number of carbonyl (C=O) groups is 1. The molecule has 0 aliphatic rings. The minimum absolute atomic E-state index is 0.0463. The summed E-state index contributed by atoms with van der Waals surface area (Å²) in [7, 11) is 0. The molecule has 20 heavy (non-hydrogen) atoms. The molecular formula is C15H22ClNO3. The van der Waals surface area contributed by atoms with Gasteiger partial charge in [0.15, 0.2) is 0 Å². The lowest BCUT2D eigenvalue weighted by Crippen LogP contribution is -2.38. The van der Waals surface area contributed by atoms with Crippen LogP contribution in [0.4, 0.5) is 0 Å². The molecule has 0 bridgehead atoms. The van der Waals surface area contributed by atoms with Gasteiger partial charge in [-0.3, -0.25) is 4.79 Å². The minimum Gasteiger partial charge on any atom is -0.491 e. The second-order valence-electron chi connectivity index (χ2n) is 5.11. The van der Waals surface area contributed by atoms with Crippen LogP contribution >= 0.6 is 11.6 Å². The van der Waals surface area contributed by atoms with Crippen molar-refractivity contribution in [1.82, 2.24) is 5.32 Å². The van der Waals surface area contributed by atoms with Crippen molar-refractivity contribution in [3.8, 4) is 5.75 Å². The number of benzene rings is 1. The van der Waals surface area contributed by atoms with Crippen LogP contribution in [0.1, 0.15) is 26.7 Å². The fourth-order valence-corrected chi connectivity index (χ4v) is 2.05. The Labute approximate surface area is 125 Å². The molecule has 0 aliphatic heterocycles. The van der Waals surface area contributed by atoms with Crippen LogP contribution in [-0.4, -0.2) is 30.3 Å². The van der Waals surface area contributed by atoms with E-state index in [-0.39, 0.29) is 31.6 Å². The SMILES string of the molecule is CC(C)CC(CO)NC(=O)CCOc1ccccc1Cl. The zero-order valence-corrected chi connectivity index (χ0v) is 12.7. The number of aliphatic hydroxyl groups excluding tert-OH is 1. The van der Waals surface area contributed by atoms with E-state index in [0.717, 1.165) is 6.42 Å². The third-order valence-electron chi connectivity index (χ3n) is 2.76. The van der Waals surface area contributed by atoms with Gasteiger partial charge in [-0.25, -0.2) is 0 Å². The molecule has 0 heterocycles. The second-order valence-corrected chi connectivity index (χ2v) is 5.51. The molecule has 0 radical (unpaired) electrons. The van der Waals surface area contributed by atoms with Crippen LogP contribution in [0.3, 0.4) is 0 Å². The molecule has 4 nitrogen and oxygen atoms in total. The van der Waals surface area contributed by atoms with E-state index < -0.39 is 0 Å². The Morgan fingerprint density at radius 3 is 2.70 bits per heavy atom. The van der Waals surface area contributed by atoms with E-state index in [2.05, 4.69) is 19.2 Å². The fraction of sp³-hybridized carbons (Fsp3) is 0.533. The summed E-state index contributed by atoms with van der Waals surface area (Å²) in [5, 5.41) is 12.5. The molecule has 0 saturated heterocycles. The normalized spacial score (nSPS) is 12.2. The molecule has 5 heteroatoms. The molecule has 1 atom stereocenters. The van der Waals surface area contributed by atoms with Gasteiger partial charge < -0.3 is 15.2 Å². The number of carbonyl (C=O) groups excluding carboxylic acids is 1. The van der Waals surface area contributed by atoms with E-state index in [1.54, 1.807) is 12.1 Å². The van der Waals surface area contributed by atoms with Gasteiger partial charge in [0.25, 0.3) is 0 Å². The van der Waals surface area contributed by atoms with Crippen LogP contribution in [0.5, 0.6) is 5.75 Å². The molecule has 0 aromatic heterocycles. The number of hydrogen-bond acceptors (Lipinski definition) is 3. The maximum atomic E-state index is 11.7. The summed E-state index contributed by atoms with van der Waals surface area (Å²) in [6.45, 7) is 4.31. The van der Waals surface area contributed by atoms with Crippen LogP contribution in [0.2, 0.25) is 5.02 Å². The number of aliphatic hydroxyl groups is 1. The molecule has 2 N–H and O–H groups in total. The quantitative estimate of drug-likeness (QED) is 0.776. The maximum Gasteiger partial charge on any atom is 0.223 e. The van der Waals surface area contributed by atoms with Crippen LogP contribution in [0.15, 0.2) is 24.3 Å². The Hall–Kier alpha value is -1.26. The number of ether oxygens (including phenoxy) is 1. The van der Waals surface area contributed by atoms with Crippen LogP contribution in [-0.2, 0) is 4.79 Å². The van der Waals surface area contributed by atoms with Crippen molar-refractivity contribution in [3.63, 3.8) is 0 Å². The highest BCUT2D eigenvalue weighted by atomic mass is 35.5. The molecule has 1 unspecified atom stereocenters. The summed E-state index contributed by atoms with van der Waals surface area (Å²) < 4.78 is 5.45. The molecule has 1 aromatic rings. The van der Waals surface area contributed by atoms with Crippen molar-refractivity contribution in [3.05, 3.63) is 29.3 Å². The van der Waals surface area contributed by atoms with Crippen LogP contribution in [0.25, 0.3) is 0 Å². The molecule has 1 aromatic carbocycles. The van der Waals surface area contributed by atoms with E-state index in [4.69, 9.17) is 16.3 Å². The predicted molar refractivity (Wildman–Crippen MR) is 80.0 cm³/mol. The standard InChI is InChI=1S/C15H22ClNO3/c1-11(2)9-12(10-18)17-15(19)7-8-20-14-6-4-3-5-13(14)16/h3-6,11-12,18H,7-10H2,1-2H3,(H,17,19). The number of halogens is 1. The Kier molecular flexibility index (Phi) is 7.41. The largest absolute Gasteiger partial charge is 0.491 e. The first-order valence-corrected chi connectivity index (χ1v) is 7.18. The monoisotopic (exact) mass is 299 g/mol. The number of para-hydroxylation sites is 1. The summed E-state index contributed by atoms with van der Waals surface area (Å²) in [5.74, 6) is 0.867. The third-order valence-corrected chi connectivity index (χ3v) is 3.08. The second kappa shape index (κ2) is 8.82. The summed E-state index contributed by atoms with van der Waals surface area (Å²) in [6, 6.07) is 6.95. The van der Waals surface area contributed by atoms with Gasteiger partial charge >= 0.3 is 0 Å². The average molecular weight is 300 g/mol. The Balaban J connectivity index is 2.31. The highest BCUT2D eigenvalue weighted by Crippen LogP contribution is 2.23. The van der Waals surface area contributed by atoms with Crippen molar-refractivity contribution in [1.29, 1.82) is 0 Å². The van der Waals surface area contributed by atoms with Gasteiger partial charge in [0, 0.05) is 0 Å². The molecule has 0 spiro atoms. The highest BCUT2D eigenvalue weighted by Gasteiger charge is 2.13. The van der Waals surface area contributed by atoms with Crippen molar-refractivity contribution in [2.24, 2.45) is 5.92 Å². The van der Waals surface area contributed by atoms with E-state index in [0.29, 0.717) is 16.7 Å². The van der Waals surface area contributed by atoms with Gasteiger partial charge in [-0.1, -0.05) is 37.6 Å². The number of rotatable bonds is 8. The number of nitrogens with one attached hydrogen (secondary N) is 1. The molecular weight excluding hydrogens is 278 g/mol. The summed E-state index contributed by atoms with van der Waals surface area (Å²) in [5.41, 5.74) is 0. The Morgan fingerprint density at radius 2 is 2.10 bits per heavy atom. The molecule has 112 valence electrons. The van der Waals surface area contributed by atoms with Gasteiger partial charge in [0.05, 0.1) is 30.7 Å². The first-order chi connectivity index (χ1) is 9.52. The molecule has 1 rings (SSSR count). The third kappa shape index (κ3) is 6.26. The number of amides is 1. The summed E-state index contributed by atoms with van der Waals surface area (Å²) in [4.78, 5) is 11.7. The summed E-state index contributed by atoms with van der Waals surface area (Å²) in [6.07, 6.45) is 0.993. The van der Waals surface area contributed by atoms with E-state index in [1.807, 2.05) is 12.1 Å². The van der Waals surface area contributed by atoms with Crippen LogP contribution < -0.4 is 10.1 Å². The van der Waals surface area contributed by atoms with Gasteiger partial charge in [0.2, 0.25) is 5.91 Å². The van der Waals surface area contributed by atoms with E-state index in [1.165, 1.54) is 0 Å². The zero-order valence-electron chi connectivity index (χ0n) is 11.9. The van der Waals surface area contributed by atoms with Gasteiger partial charge in [-0.05, 0) is 24.5 Å². The first kappa shape index (κ1) is 16.8. The minimum atomic E-state index is -0.192. The fourth-order valence-electron chi connectivity index (χ4n) is 1.86. The van der Waals surface area contributed by atoms with Gasteiger partial charge in [-0.2, -0.15) is 0 Å². The molecule has 0 saturated carbocycles. The topological polar surface area (TPSA) is 58.6 Å². The van der Waals surface area contributed by atoms with Crippen molar-refractivity contribution < 1.29 is 14.6 Å². The van der Waals surface area contributed by atoms with Gasteiger partial charge in [-0.15, -0.1) is 0 Å². The van der Waals surface area contributed by atoms with Gasteiger partial charge in [0.1, 0.15) is 5.75 Å². The van der Waals surface area contributed by atoms with Crippen molar-refractivity contribution in [2.45, 2.75) is 32.7 Å². The molecule has 1 amide bonds. The predicted octanol–water partition coefficient (Wildman–Crippen LogP) is 2.63. The maximum absolute atomic E-state index is 11.7. The van der Waals surface area contributed by atoms with Crippen molar-refractivity contribution >= 4 is 17.5 Å². The lowest BCUT2D eigenvalue weighted by molar-refractivity contribution is -0.122. The lowest BCUT2D eigenvalue weighted by atomic mass is 10.0. The highest BCUT2D eigenvalue weighted by molar-refractivity contribution is 6.32. The lowest BCUT2D eigenvalue weighted by Gasteiger charge is -2.18. The smallest absolute Gasteiger partial charge is 0.223 e. The zero-order chi connectivity index (χ0) is 15.0. The first-order valence-electron chi connectivity index (χ1n) is 6.80. The molecule has 0 fully saturated rings. The van der Waals surface area contributed by atoms with Crippen molar-refractivity contribution in [2.75, 3.05) is 13.2 Å². The van der Waals surface area contributed by atoms with E-state index >= 15 is 0 Å². The number of hydrogen-bond donors (Lipinski definition) is 2.